The first kappa shape index (κ1) is 30.4. The highest BCUT2D eigenvalue weighted by Crippen LogP contribution is 2.65. The molecule has 2 fully saturated rings. The molecule has 6 nitrogen and oxygen atoms in total. The van der Waals surface area contributed by atoms with Gasteiger partial charge in [0.1, 0.15) is 18.3 Å². The van der Waals surface area contributed by atoms with E-state index in [4.69, 9.17) is 9.47 Å². The predicted molar refractivity (Wildman–Crippen MR) is 156 cm³/mol. The van der Waals surface area contributed by atoms with Gasteiger partial charge < -0.3 is 29.9 Å². The van der Waals surface area contributed by atoms with Crippen LogP contribution in [0.4, 0.5) is 0 Å². The Kier molecular flexibility index (Phi) is 8.55. The van der Waals surface area contributed by atoms with E-state index < -0.39 is 30.2 Å². The maximum Gasteiger partial charge on any atom is 0.186 e. The average molecular weight is 559 g/mol. The first-order valence-corrected chi connectivity index (χ1v) is 16.0. The standard InChI is InChI=1S/C34H54O6/c1-7-22(20(2)3)9-8-21(4)25-10-11-26-24-13-17-34(38)18-23(40-31-30(37)29(36)28(35)19-39-31)12-16-33(34,6)27(24)14-15-32(25,26)5/h8-9,11,20-23,25,28-31,35-38H,7,10,12-19H2,1-6H3/b9-8+/t21-,22-,23+,25?,28?,29?,30?,31?,32-,33-,34-/m1/s1. The van der Waals surface area contributed by atoms with E-state index >= 15 is 0 Å². The molecular formula is C34H54O6. The molecule has 4 N–H and O–H groups in total. The van der Waals surface area contributed by atoms with Gasteiger partial charge in [0.15, 0.2) is 6.29 Å². The minimum Gasteiger partial charge on any atom is -0.389 e. The summed E-state index contributed by atoms with van der Waals surface area (Å²) in [4.78, 5) is 0. The molecular weight excluding hydrogens is 504 g/mol. The second kappa shape index (κ2) is 11.2. The van der Waals surface area contributed by atoms with Crippen molar-refractivity contribution in [3.8, 4) is 0 Å². The average Bonchev–Trinajstić information content (AvgIpc) is 3.27. The van der Waals surface area contributed by atoms with Crippen LogP contribution in [0.2, 0.25) is 0 Å². The Morgan fingerprint density at radius 2 is 1.80 bits per heavy atom. The second-order valence-corrected chi connectivity index (χ2v) is 14.5. The van der Waals surface area contributed by atoms with E-state index in [1.165, 1.54) is 17.6 Å². The quantitative estimate of drug-likeness (QED) is 0.311. The topological polar surface area (TPSA) is 99.4 Å². The lowest BCUT2D eigenvalue weighted by atomic mass is 9.50. The zero-order valence-corrected chi connectivity index (χ0v) is 25.6. The molecule has 0 amide bonds. The molecule has 0 aromatic rings. The number of hydrogen-bond donors (Lipinski definition) is 4. The van der Waals surface area contributed by atoms with Crippen LogP contribution < -0.4 is 0 Å². The first-order chi connectivity index (χ1) is 18.8. The number of aliphatic hydroxyl groups is 4. The van der Waals surface area contributed by atoms with E-state index in [0.717, 1.165) is 38.5 Å². The van der Waals surface area contributed by atoms with Crippen molar-refractivity contribution in [2.45, 2.75) is 136 Å². The molecule has 0 aromatic carbocycles. The van der Waals surface area contributed by atoms with Crippen LogP contribution in [-0.2, 0) is 9.47 Å². The van der Waals surface area contributed by atoms with Crippen molar-refractivity contribution in [3.63, 3.8) is 0 Å². The summed E-state index contributed by atoms with van der Waals surface area (Å²) in [5, 5.41) is 42.4. The highest BCUT2D eigenvalue weighted by molar-refractivity contribution is 5.50. The van der Waals surface area contributed by atoms with Crippen LogP contribution in [0.3, 0.4) is 0 Å². The van der Waals surface area contributed by atoms with Crippen molar-refractivity contribution in [1.29, 1.82) is 0 Å². The highest BCUT2D eigenvalue weighted by Gasteiger charge is 2.59. The Morgan fingerprint density at radius 1 is 1.05 bits per heavy atom. The summed E-state index contributed by atoms with van der Waals surface area (Å²) < 4.78 is 11.6. The molecule has 4 aliphatic carbocycles. The Balaban J connectivity index is 1.31. The van der Waals surface area contributed by atoms with E-state index in [-0.39, 0.29) is 23.5 Å². The maximum atomic E-state index is 12.1. The van der Waals surface area contributed by atoms with Gasteiger partial charge in [0.05, 0.1) is 18.3 Å². The monoisotopic (exact) mass is 558 g/mol. The SMILES string of the molecule is CC[C@H](/C=C/[C@@H](C)C1CC=C2C3=C(CC[C@@]21C)[C@@]1(C)CC[C@H](OC2OCC(O)C(O)C2O)C[C@]1(O)CC3)C(C)C. The molecule has 5 rings (SSSR count). The van der Waals surface area contributed by atoms with Crippen molar-refractivity contribution in [3.05, 3.63) is 34.9 Å². The van der Waals surface area contributed by atoms with Gasteiger partial charge in [0.25, 0.3) is 0 Å². The predicted octanol–water partition coefficient (Wildman–Crippen LogP) is 5.44. The van der Waals surface area contributed by atoms with Gasteiger partial charge in [-0.2, -0.15) is 0 Å². The lowest BCUT2D eigenvalue weighted by molar-refractivity contribution is -0.293. The molecule has 1 aliphatic heterocycles. The van der Waals surface area contributed by atoms with Crippen molar-refractivity contribution < 1.29 is 29.9 Å². The Morgan fingerprint density at radius 3 is 2.50 bits per heavy atom. The summed E-state index contributed by atoms with van der Waals surface area (Å²) in [7, 11) is 0. The Labute approximate surface area is 241 Å². The normalized spacial score (nSPS) is 45.2. The highest BCUT2D eigenvalue weighted by atomic mass is 16.7. The summed E-state index contributed by atoms with van der Waals surface area (Å²) in [6.07, 6.45) is 10.7. The molecule has 11 atom stereocenters. The summed E-state index contributed by atoms with van der Waals surface area (Å²) >= 11 is 0. The molecule has 0 aromatic heterocycles. The van der Waals surface area contributed by atoms with E-state index in [0.29, 0.717) is 36.5 Å². The van der Waals surface area contributed by atoms with E-state index in [9.17, 15) is 20.4 Å². The molecule has 6 heteroatoms. The fourth-order valence-corrected chi connectivity index (χ4v) is 9.13. The molecule has 1 saturated carbocycles. The number of aliphatic hydroxyl groups excluding tert-OH is 3. The van der Waals surface area contributed by atoms with Gasteiger partial charge in [-0.1, -0.05) is 65.3 Å². The van der Waals surface area contributed by atoms with Crippen molar-refractivity contribution in [2.24, 2.45) is 34.5 Å². The van der Waals surface area contributed by atoms with Gasteiger partial charge in [-0.25, -0.2) is 0 Å². The summed E-state index contributed by atoms with van der Waals surface area (Å²) in [5.41, 5.74) is 3.57. The van der Waals surface area contributed by atoms with Gasteiger partial charge in [-0.15, -0.1) is 0 Å². The van der Waals surface area contributed by atoms with E-state index in [2.05, 4.69) is 59.8 Å². The van der Waals surface area contributed by atoms with E-state index in [1.807, 2.05) is 0 Å². The third-order valence-corrected chi connectivity index (χ3v) is 12.0. The number of ether oxygens (including phenoxy) is 2. The van der Waals surface area contributed by atoms with E-state index in [1.54, 1.807) is 5.57 Å². The number of fused-ring (bicyclic) bond motifs is 4. The molecule has 0 radical (unpaired) electrons. The smallest absolute Gasteiger partial charge is 0.186 e. The lowest BCUT2D eigenvalue weighted by Crippen LogP contribution is -2.59. The van der Waals surface area contributed by atoms with Crippen LogP contribution in [-0.4, -0.2) is 63.3 Å². The lowest BCUT2D eigenvalue weighted by Gasteiger charge is -2.58. The maximum absolute atomic E-state index is 12.1. The van der Waals surface area contributed by atoms with Crippen molar-refractivity contribution in [1.82, 2.24) is 0 Å². The Hall–Kier alpha value is -1.02. The first-order valence-electron chi connectivity index (χ1n) is 16.0. The summed E-state index contributed by atoms with van der Waals surface area (Å²) in [6.45, 7) is 14.0. The number of allylic oxidation sites excluding steroid dienone is 5. The van der Waals surface area contributed by atoms with Gasteiger partial charge in [-0.3, -0.25) is 0 Å². The van der Waals surface area contributed by atoms with Crippen molar-refractivity contribution in [2.75, 3.05) is 6.61 Å². The molecule has 40 heavy (non-hydrogen) atoms. The van der Waals surface area contributed by atoms with Crippen LogP contribution in [0, 0.1) is 34.5 Å². The fourth-order valence-electron chi connectivity index (χ4n) is 9.13. The molecule has 5 unspecified atom stereocenters. The van der Waals surface area contributed by atoms with Crippen LogP contribution in [0.15, 0.2) is 34.9 Å². The molecule has 1 heterocycles. The summed E-state index contributed by atoms with van der Waals surface area (Å²) in [6, 6.07) is 0. The van der Waals surface area contributed by atoms with Crippen LogP contribution in [0.5, 0.6) is 0 Å². The van der Waals surface area contributed by atoms with Gasteiger partial charge >= 0.3 is 0 Å². The van der Waals surface area contributed by atoms with Crippen LogP contribution >= 0.6 is 0 Å². The van der Waals surface area contributed by atoms with Gasteiger partial charge in [0, 0.05) is 11.8 Å². The molecule has 1 saturated heterocycles. The van der Waals surface area contributed by atoms with Crippen LogP contribution in [0.25, 0.3) is 0 Å². The zero-order chi connectivity index (χ0) is 29.0. The molecule has 5 aliphatic rings. The largest absolute Gasteiger partial charge is 0.389 e. The fraction of sp³-hybridized carbons (Fsp3) is 0.824. The Bertz CT molecular complexity index is 1030. The second-order valence-electron chi connectivity index (χ2n) is 14.5. The zero-order valence-electron chi connectivity index (χ0n) is 25.6. The van der Waals surface area contributed by atoms with Crippen molar-refractivity contribution >= 4 is 0 Å². The number of rotatable bonds is 7. The van der Waals surface area contributed by atoms with Gasteiger partial charge in [-0.05, 0) is 91.6 Å². The third-order valence-electron chi connectivity index (χ3n) is 12.0. The third kappa shape index (κ3) is 4.99. The van der Waals surface area contributed by atoms with Crippen LogP contribution in [0.1, 0.15) is 99.3 Å². The molecule has 226 valence electrons. The minimum atomic E-state index is -1.30. The summed E-state index contributed by atoms with van der Waals surface area (Å²) in [5.74, 6) is 2.47. The van der Waals surface area contributed by atoms with Gasteiger partial charge in [0.2, 0.25) is 0 Å². The minimum absolute atomic E-state index is 0.0754. The molecule has 0 bridgehead atoms. The number of hydrogen-bond acceptors (Lipinski definition) is 6. The molecule has 0 spiro atoms.